The predicted octanol–water partition coefficient (Wildman–Crippen LogP) is 2.15. The van der Waals surface area contributed by atoms with Crippen LogP contribution in [0.4, 0.5) is 0 Å². The number of rotatable bonds is 5. The van der Waals surface area contributed by atoms with Crippen LogP contribution in [0.3, 0.4) is 0 Å². The van der Waals surface area contributed by atoms with Gasteiger partial charge in [0, 0.05) is 11.6 Å². The van der Waals surface area contributed by atoms with Gasteiger partial charge in [-0.3, -0.25) is 4.79 Å². The van der Waals surface area contributed by atoms with E-state index >= 15 is 0 Å². The largest absolute Gasteiger partial charge is 0.484 e. The van der Waals surface area contributed by atoms with E-state index in [2.05, 4.69) is 10.3 Å². The molecule has 1 aromatic heterocycles. The van der Waals surface area contributed by atoms with E-state index in [1.54, 1.807) is 6.20 Å². The Hall–Kier alpha value is -1.88. The molecule has 0 aliphatic heterocycles. The fraction of sp³-hybridized carbons (Fsp3) is 0.231. The van der Waals surface area contributed by atoms with Crippen molar-refractivity contribution in [1.82, 2.24) is 10.3 Å². The molecule has 4 nitrogen and oxygen atoms in total. The van der Waals surface area contributed by atoms with Gasteiger partial charge in [-0.1, -0.05) is 17.7 Å². The summed E-state index contributed by atoms with van der Waals surface area (Å²) in [7, 11) is 0. The number of aromatic nitrogens is 1. The molecule has 94 valence electrons. The maximum atomic E-state index is 11.5. The van der Waals surface area contributed by atoms with E-state index < -0.39 is 0 Å². The van der Waals surface area contributed by atoms with E-state index in [4.69, 9.17) is 4.74 Å². The third-order valence-electron chi connectivity index (χ3n) is 2.31. The van der Waals surface area contributed by atoms with E-state index in [9.17, 15) is 4.79 Å². The van der Waals surface area contributed by atoms with Gasteiger partial charge in [0.05, 0.1) is 6.54 Å². The Bertz CT molecular complexity index is 494. The zero-order valence-electron chi connectivity index (χ0n) is 10.1. The highest BCUT2D eigenvalue weighted by atomic mass is 32.1. The summed E-state index contributed by atoms with van der Waals surface area (Å²) in [5.41, 5.74) is 1.16. The Balaban J connectivity index is 1.73. The summed E-state index contributed by atoms with van der Waals surface area (Å²) in [6.07, 6.45) is 1.72. The highest BCUT2D eigenvalue weighted by Gasteiger charge is 2.03. The van der Waals surface area contributed by atoms with Crippen molar-refractivity contribution in [3.8, 4) is 5.75 Å². The average Bonchev–Trinajstić information content (AvgIpc) is 2.89. The minimum absolute atomic E-state index is 0.0223. The van der Waals surface area contributed by atoms with E-state index in [-0.39, 0.29) is 12.5 Å². The van der Waals surface area contributed by atoms with Crippen LogP contribution in [0, 0.1) is 6.92 Å². The molecule has 2 rings (SSSR count). The molecule has 0 aliphatic carbocycles. The number of aryl methyl sites for hydroxylation is 1. The Morgan fingerprint density at radius 1 is 1.39 bits per heavy atom. The third-order valence-corrected chi connectivity index (χ3v) is 3.09. The molecule has 1 N–H and O–H groups in total. The van der Waals surface area contributed by atoms with Crippen LogP contribution in [-0.2, 0) is 11.3 Å². The van der Waals surface area contributed by atoms with Gasteiger partial charge >= 0.3 is 0 Å². The van der Waals surface area contributed by atoms with Gasteiger partial charge in [-0.2, -0.15) is 0 Å². The normalized spacial score (nSPS) is 10.1. The molecular weight excluding hydrogens is 248 g/mol. The molecule has 0 unspecified atom stereocenters. The van der Waals surface area contributed by atoms with Crippen LogP contribution in [0.25, 0.3) is 0 Å². The second kappa shape index (κ2) is 6.16. The number of thiazole rings is 1. The molecular formula is C13H14N2O2S. The van der Waals surface area contributed by atoms with E-state index in [0.717, 1.165) is 10.6 Å². The summed E-state index contributed by atoms with van der Waals surface area (Å²) in [4.78, 5) is 15.6. The summed E-state index contributed by atoms with van der Waals surface area (Å²) in [6.45, 7) is 2.48. The molecule has 0 aliphatic rings. The molecule has 0 saturated heterocycles. The average molecular weight is 262 g/mol. The number of hydrogen-bond donors (Lipinski definition) is 1. The molecule has 1 heterocycles. The topological polar surface area (TPSA) is 51.2 Å². The Morgan fingerprint density at radius 3 is 2.83 bits per heavy atom. The number of nitrogens with one attached hydrogen (secondary N) is 1. The lowest BCUT2D eigenvalue weighted by Gasteiger charge is -2.06. The molecule has 0 radical (unpaired) electrons. The summed E-state index contributed by atoms with van der Waals surface area (Å²) in [5.74, 6) is 0.552. The lowest BCUT2D eigenvalue weighted by Crippen LogP contribution is -2.28. The van der Waals surface area contributed by atoms with Crippen molar-refractivity contribution in [2.75, 3.05) is 6.61 Å². The summed E-state index contributed by atoms with van der Waals surface area (Å²) >= 11 is 1.51. The molecule has 0 atom stereocenters. The third kappa shape index (κ3) is 3.85. The zero-order chi connectivity index (χ0) is 12.8. The van der Waals surface area contributed by atoms with Crippen molar-refractivity contribution in [1.29, 1.82) is 0 Å². The summed E-state index contributed by atoms with van der Waals surface area (Å²) in [6, 6.07) is 7.60. The van der Waals surface area contributed by atoms with Gasteiger partial charge < -0.3 is 10.1 Å². The monoisotopic (exact) mass is 262 g/mol. The van der Waals surface area contributed by atoms with Crippen LogP contribution >= 0.6 is 11.3 Å². The van der Waals surface area contributed by atoms with E-state index in [1.165, 1.54) is 11.3 Å². The summed E-state index contributed by atoms with van der Waals surface area (Å²) < 4.78 is 5.36. The minimum Gasteiger partial charge on any atom is -0.484 e. The smallest absolute Gasteiger partial charge is 0.258 e. The van der Waals surface area contributed by atoms with E-state index in [1.807, 2.05) is 36.6 Å². The minimum atomic E-state index is -0.147. The number of hydrogen-bond acceptors (Lipinski definition) is 4. The van der Waals surface area contributed by atoms with Crippen LogP contribution in [0.5, 0.6) is 5.75 Å². The quantitative estimate of drug-likeness (QED) is 0.898. The number of amides is 1. The SMILES string of the molecule is Cc1ccc(OCC(=O)NCc2nccs2)cc1. The van der Waals surface area contributed by atoms with Crippen LogP contribution < -0.4 is 10.1 Å². The first-order chi connectivity index (χ1) is 8.74. The van der Waals surface area contributed by atoms with Crippen molar-refractivity contribution in [2.45, 2.75) is 13.5 Å². The van der Waals surface area contributed by atoms with Crippen LogP contribution in [0.2, 0.25) is 0 Å². The van der Waals surface area contributed by atoms with Crippen molar-refractivity contribution in [2.24, 2.45) is 0 Å². The number of nitrogens with zero attached hydrogens (tertiary/aromatic N) is 1. The lowest BCUT2D eigenvalue weighted by atomic mass is 10.2. The lowest BCUT2D eigenvalue weighted by molar-refractivity contribution is -0.123. The Labute approximate surface area is 110 Å². The van der Waals surface area contributed by atoms with Gasteiger partial charge in [-0.15, -0.1) is 11.3 Å². The second-order valence-electron chi connectivity index (χ2n) is 3.80. The van der Waals surface area contributed by atoms with Gasteiger partial charge in [0.2, 0.25) is 0 Å². The second-order valence-corrected chi connectivity index (χ2v) is 4.78. The van der Waals surface area contributed by atoms with Gasteiger partial charge in [0.25, 0.3) is 5.91 Å². The fourth-order valence-electron chi connectivity index (χ4n) is 1.35. The van der Waals surface area contributed by atoms with Gasteiger partial charge in [0.15, 0.2) is 6.61 Å². The maximum absolute atomic E-state index is 11.5. The molecule has 0 fully saturated rings. The van der Waals surface area contributed by atoms with E-state index in [0.29, 0.717) is 12.3 Å². The highest BCUT2D eigenvalue weighted by Crippen LogP contribution is 2.11. The van der Waals surface area contributed by atoms with Crippen LogP contribution in [-0.4, -0.2) is 17.5 Å². The molecule has 5 heteroatoms. The van der Waals surface area contributed by atoms with Crippen molar-refractivity contribution in [3.05, 3.63) is 46.4 Å². The molecule has 1 amide bonds. The molecule has 0 bridgehead atoms. The molecule has 1 aromatic carbocycles. The first kappa shape index (κ1) is 12.6. The van der Waals surface area contributed by atoms with Gasteiger partial charge in [-0.05, 0) is 19.1 Å². The fourth-order valence-corrected chi connectivity index (χ4v) is 1.90. The number of ether oxygens (including phenoxy) is 1. The number of carbonyl (C=O) groups is 1. The van der Waals surface area contributed by atoms with Gasteiger partial charge in [-0.25, -0.2) is 4.98 Å². The Kier molecular flexibility index (Phi) is 4.30. The van der Waals surface area contributed by atoms with Crippen LogP contribution in [0.1, 0.15) is 10.6 Å². The highest BCUT2D eigenvalue weighted by molar-refractivity contribution is 7.09. The predicted molar refractivity (Wildman–Crippen MR) is 70.6 cm³/mol. The number of benzene rings is 1. The van der Waals surface area contributed by atoms with Crippen molar-refractivity contribution >= 4 is 17.2 Å². The number of carbonyl (C=O) groups excluding carboxylic acids is 1. The first-order valence-corrected chi connectivity index (χ1v) is 6.46. The maximum Gasteiger partial charge on any atom is 0.258 e. The molecule has 2 aromatic rings. The molecule has 0 spiro atoms. The van der Waals surface area contributed by atoms with Gasteiger partial charge in [0.1, 0.15) is 10.8 Å². The molecule has 18 heavy (non-hydrogen) atoms. The summed E-state index contributed by atoms with van der Waals surface area (Å²) in [5, 5.41) is 5.52. The van der Waals surface area contributed by atoms with Crippen LogP contribution in [0.15, 0.2) is 35.8 Å². The Morgan fingerprint density at radius 2 is 2.17 bits per heavy atom. The van der Waals surface area contributed by atoms with Crippen molar-refractivity contribution < 1.29 is 9.53 Å². The first-order valence-electron chi connectivity index (χ1n) is 5.58. The zero-order valence-corrected chi connectivity index (χ0v) is 10.9. The standard InChI is InChI=1S/C13H14N2O2S/c1-10-2-4-11(5-3-10)17-9-12(16)15-8-13-14-6-7-18-13/h2-7H,8-9H2,1H3,(H,15,16). The molecule has 0 saturated carbocycles. The van der Waals surface area contributed by atoms with Crippen molar-refractivity contribution in [3.63, 3.8) is 0 Å².